The monoisotopic (exact) mass is 483 g/mol. The Hall–Kier alpha value is -4.23. The topological polar surface area (TPSA) is 29.5 Å². The Labute approximate surface area is 219 Å². The first-order chi connectivity index (χ1) is 18.3. The lowest BCUT2D eigenvalue weighted by Crippen LogP contribution is -2.51. The smallest absolute Gasteiger partial charge is 0.186 e. The highest BCUT2D eigenvalue weighted by Crippen LogP contribution is 2.42. The zero-order valence-electron chi connectivity index (χ0n) is 20.7. The number of carbonyl (C=O) groups is 1. The van der Waals surface area contributed by atoms with Crippen LogP contribution in [-0.2, 0) is 10.3 Å². The summed E-state index contributed by atoms with van der Waals surface area (Å²) in [7, 11) is 0. The van der Waals surface area contributed by atoms with Gasteiger partial charge in [0.1, 0.15) is 5.54 Å². The summed E-state index contributed by atoms with van der Waals surface area (Å²) in [6.45, 7) is 2.61. The summed E-state index contributed by atoms with van der Waals surface area (Å²) in [4.78, 5) is 16.1. The SMILES string of the molecule is O=C(/C=C(\c1ccccc1)C(C#Cc1ccccc1)(c1ccccc1)N1CCOCC1)c1ccccc1. The van der Waals surface area contributed by atoms with Crippen molar-refractivity contribution in [3.8, 4) is 11.8 Å². The van der Waals surface area contributed by atoms with Crippen molar-refractivity contribution in [3.05, 3.63) is 150 Å². The average molecular weight is 484 g/mol. The van der Waals surface area contributed by atoms with Crippen LogP contribution in [-0.4, -0.2) is 37.0 Å². The summed E-state index contributed by atoms with van der Waals surface area (Å²) < 4.78 is 5.75. The van der Waals surface area contributed by atoms with Crippen molar-refractivity contribution in [2.75, 3.05) is 26.3 Å². The maximum absolute atomic E-state index is 13.7. The molecule has 0 radical (unpaired) electrons. The molecule has 0 bridgehead atoms. The molecule has 0 N–H and O–H groups in total. The van der Waals surface area contributed by atoms with Gasteiger partial charge in [-0.2, -0.15) is 0 Å². The molecule has 4 aromatic carbocycles. The Morgan fingerprint density at radius 1 is 0.703 bits per heavy atom. The van der Waals surface area contributed by atoms with Crippen molar-refractivity contribution in [1.29, 1.82) is 0 Å². The molecule has 3 nitrogen and oxygen atoms in total. The van der Waals surface area contributed by atoms with Gasteiger partial charge in [-0.25, -0.2) is 0 Å². The predicted octanol–water partition coefficient (Wildman–Crippen LogP) is 6.23. The summed E-state index contributed by atoms with van der Waals surface area (Å²) in [5.41, 5.74) is 3.56. The van der Waals surface area contributed by atoms with E-state index in [1.165, 1.54) is 0 Å². The van der Waals surface area contributed by atoms with Crippen molar-refractivity contribution in [2.24, 2.45) is 0 Å². The molecule has 1 unspecified atom stereocenters. The quantitative estimate of drug-likeness (QED) is 0.185. The molecule has 0 amide bonds. The molecule has 1 aliphatic heterocycles. The van der Waals surface area contributed by atoms with Crippen LogP contribution in [0.15, 0.2) is 127 Å². The molecule has 4 aromatic rings. The number of allylic oxidation sites excluding steroid dienone is 1. The molecule has 1 fully saturated rings. The number of hydrogen-bond acceptors (Lipinski definition) is 3. The van der Waals surface area contributed by atoms with Crippen molar-refractivity contribution < 1.29 is 9.53 Å². The van der Waals surface area contributed by atoms with Gasteiger partial charge < -0.3 is 4.74 Å². The van der Waals surface area contributed by atoms with E-state index >= 15 is 0 Å². The lowest BCUT2D eigenvalue weighted by molar-refractivity contribution is 0.0116. The molecule has 37 heavy (non-hydrogen) atoms. The highest BCUT2D eigenvalue weighted by atomic mass is 16.5. The second-order valence-electron chi connectivity index (χ2n) is 8.95. The Balaban J connectivity index is 1.81. The standard InChI is InChI=1S/C34H29NO2/c36-33(30-17-9-3-10-18-30)27-32(29-15-7-2-8-16-29)34(31-19-11-4-12-20-31,35-23-25-37-26-24-35)22-21-28-13-5-1-6-14-28/h1-20,27H,23-26H2/b32-27+. The molecular weight excluding hydrogens is 454 g/mol. The number of hydrogen-bond donors (Lipinski definition) is 0. The Kier molecular flexibility index (Phi) is 7.72. The molecule has 0 aliphatic carbocycles. The first kappa shape index (κ1) is 24.5. The van der Waals surface area contributed by atoms with Gasteiger partial charge in [-0.3, -0.25) is 9.69 Å². The number of carbonyl (C=O) groups excluding carboxylic acids is 1. The number of benzene rings is 4. The average Bonchev–Trinajstić information content (AvgIpc) is 2.99. The third kappa shape index (κ3) is 5.47. The van der Waals surface area contributed by atoms with Crippen LogP contribution in [0, 0.1) is 11.8 Å². The molecule has 1 atom stereocenters. The largest absolute Gasteiger partial charge is 0.379 e. The third-order valence-corrected chi connectivity index (χ3v) is 6.65. The summed E-state index contributed by atoms with van der Waals surface area (Å²) in [6.07, 6.45) is 1.78. The summed E-state index contributed by atoms with van der Waals surface area (Å²) in [5, 5.41) is 0. The molecule has 0 aromatic heterocycles. The lowest BCUT2D eigenvalue weighted by atomic mass is 9.76. The van der Waals surface area contributed by atoms with Crippen molar-refractivity contribution in [1.82, 2.24) is 4.90 Å². The predicted molar refractivity (Wildman–Crippen MR) is 149 cm³/mol. The zero-order chi connectivity index (χ0) is 25.3. The van der Waals surface area contributed by atoms with Gasteiger partial charge in [0.2, 0.25) is 0 Å². The molecule has 182 valence electrons. The van der Waals surface area contributed by atoms with E-state index in [1.807, 2.05) is 97.1 Å². The van der Waals surface area contributed by atoms with Crippen molar-refractivity contribution in [2.45, 2.75) is 5.54 Å². The minimum absolute atomic E-state index is 0.0467. The van der Waals surface area contributed by atoms with Crippen molar-refractivity contribution >= 4 is 11.4 Å². The van der Waals surface area contributed by atoms with Crippen LogP contribution in [0.25, 0.3) is 5.57 Å². The number of ketones is 1. The molecule has 1 aliphatic rings. The van der Waals surface area contributed by atoms with Gasteiger partial charge in [-0.15, -0.1) is 0 Å². The normalized spacial score (nSPS) is 15.7. The summed E-state index contributed by atoms with van der Waals surface area (Å²) >= 11 is 0. The first-order valence-corrected chi connectivity index (χ1v) is 12.6. The van der Waals surface area contributed by atoms with E-state index in [9.17, 15) is 4.79 Å². The maximum atomic E-state index is 13.7. The van der Waals surface area contributed by atoms with E-state index in [2.05, 4.69) is 41.0 Å². The van der Waals surface area contributed by atoms with Gasteiger partial charge >= 0.3 is 0 Å². The molecule has 1 heterocycles. The second kappa shape index (κ2) is 11.7. The van der Waals surface area contributed by atoms with Crippen LogP contribution in [0.4, 0.5) is 0 Å². The lowest BCUT2D eigenvalue weighted by Gasteiger charge is -2.44. The fraction of sp³-hybridized carbons (Fsp3) is 0.147. The Morgan fingerprint density at radius 2 is 1.22 bits per heavy atom. The zero-order valence-corrected chi connectivity index (χ0v) is 20.7. The maximum Gasteiger partial charge on any atom is 0.186 e. The van der Waals surface area contributed by atoms with E-state index in [0.29, 0.717) is 31.9 Å². The van der Waals surface area contributed by atoms with Crippen LogP contribution >= 0.6 is 0 Å². The third-order valence-electron chi connectivity index (χ3n) is 6.65. The van der Waals surface area contributed by atoms with E-state index in [4.69, 9.17) is 4.74 Å². The van der Waals surface area contributed by atoms with E-state index in [0.717, 1.165) is 22.3 Å². The molecule has 1 saturated heterocycles. The Bertz CT molecular complexity index is 1400. The first-order valence-electron chi connectivity index (χ1n) is 12.6. The molecule has 3 heteroatoms. The van der Waals surface area contributed by atoms with Crippen LogP contribution < -0.4 is 0 Å². The minimum atomic E-state index is -0.868. The van der Waals surface area contributed by atoms with Gasteiger partial charge in [-0.1, -0.05) is 121 Å². The van der Waals surface area contributed by atoms with E-state index < -0.39 is 5.54 Å². The number of morpholine rings is 1. The van der Waals surface area contributed by atoms with Gasteiger partial charge in [0, 0.05) is 29.8 Å². The summed E-state index contributed by atoms with van der Waals surface area (Å²) in [6, 6.07) is 39.9. The highest BCUT2D eigenvalue weighted by Gasteiger charge is 2.42. The van der Waals surface area contributed by atoms with Gasteiger partial charge in [0.25, 0.3) is 0 Å². The van der Waals surface area contributed by atoms with Gasteiger partial charge in [0.15, 0.2) is 5.78 Å². The van der Waals surface area contributed by atoms with Crippen LogP contribution in [0.1, 0.15) is 27.0 Å². The highest BCUT2D eigenvalue weighted by molar-refractivity contribution is 6.09. The fourth-order valence-corrected chi connectivity index (χ4v) is 4.82. The minimum Gasteiger partial charge on any atom is -0.379 e. The number of nitrogens with zero attached hydrogens (tertiary/aromatic N) is 1. The summed E-state index contributed by atoms with van der Waals surface area (Å²) in [5.74, 6) is 7.10. The second-order valence-corrected chi connectivity index (χ2v) is 8.95. The van der Waals surface area contributed by atoms with Gasteiger partial charge in [-0.05, 0) is 29.3 Å². The molecule has 0 saturated carbocycles. The number of ether oxygens (including phenoxy) is 1. The number of rotatable bonds is 6. The fourth-order valence-electron chi connectivity index (χ4n) is 4.82. The van der Waals surface area contributed by atoms with E-state index in [1.54, 1.807) is 6.08 Å². The van der Waals surface area contributed by atoms with Crippen LogP contribution in [0.2, 0.25) is 0 Å². The Morgan fingerprint density at radius 3 is 1.81 bits per heavy atom. The molecule has 0 spiro atoms. The molecule has 5 rings (SSSR count). The van der Waals surface area contributed by atoms with E-state index in [-0.39, 0.29) is 5.78 Å². The van der Waals surface area contributed by atoms with Crippen molar-refractivity contribution in [3.63, 3.8) is 0 Å². The van der Waals surface area contributed by atoms with Gasteiger partial charge in [0.05, 0.1) is 13.2 Å². The molecular formula is C34H29NO2. The van der Waals surface area contributed by atoms with Crippen LogP contribution in [0.5, 0.6) is 0 Å². The van der Waals surface area contributed by atoms with Crippen LogP contribution in [0.3, 0.4) is 0 Å².